The van der Waals surface area contributed by atoms with Crippen molar-refractivity contribution in [1.82, 2.24) is 14.6 Å². The Labute approximate surface area is 177 Å². The van der Waals surface area contributed by atoms with E-state index >= 15 is 0 Å². The Bertz CT molecular complexity index is 965. The lowest BCUT2D eigenvalue weighted by Crippen LogP contribution is -2.48. The van der Waals surface area contributed by atoms with E-state index in [0.29, 0.717) is 25.2 Å². The molecule has 0 spiro atoms. The van der Waals surface area contributed by atoms with Gasteiger partial charge >= 0.3 is 0 Å². The molecular formula is C21H28N4O4S. The van der Waals surface area contributed by atoms with Gasteiger partial charge in [0.05, 0.1) is 17.1 Å². The molecular weight excluding hydrogens is 404 g/mol. The fourth-order valence-corrected chi connectivity index (χ4v) is 4.92. The molecule has 3 rings (SSSR count). The topological polar surface area (TPSA) is 91.8 Å². The number of ether oxygens (including phenoxy) is 1. The number of morpholine rings is 1. The highest BCUT2D eigenvalue weighted by molar-refractivity contribution is 7.89. The third-order valence-electron chi connectivity index (χ3n) is 4.86. The van der Waals surface area contributed by atoms with Crippen molar-refractivity contribution in [3.8, 4) is 0 Å². The number of amides is 1. The van der Waals surface area contributed by atoms with E-state index in [2.05, 4.69) is 10.3 Å². The summed E-state index contributed by atoms with van der Waals surface area (Å²) in [6.07, 6.45) is 1.40. The lowest BCUT2D eigenvalue weighted by Gasteiger charge is -2.34. The van der Waals surface area contributed by atoms with Crippen molar-refractivity contribution in [2.45, 2.75) is 37.5 Å². The lowest BCUT2D eigenvalue weighted by molar-refractivity contribution is -0.0440. The number of carbonyl (C=O) groups is 1. The normalized spacial score (nSPS) is 20.0. The van der Waals surface area contributed by atoms with E-state index in [0.717, 1.165) is 11.4 Å². The third-order valence-corrected chi connectivity index (χ3v) is 6.71. The predicted molar refractivity (Wildman–Crippen MR) is 115 cm³/mol. The van der Waals surface area contributed by atoms with Gasteiger partial charge in [-0.05, 0) is 49.7 Å². The summed E-state index contributed by atoms with van der Waals surface area (Å²) in [4.78, 5) is 18.8. The van der Waals surface area contributed by atoms with Gasteiger partial charge in [0.25, 0.3) is 5.91 Å². The van der Waals surface area contributed by atoms with E-state index in [9.17, 15) is 13.2 Å². The average Bonchev–Trinajstić information content (AvgIpc) is 2.71. The zero-order valence-corrected chi connectivity index (χ0v) is 18.5. The van der Waals surface area contributed by atoms with Crippen LogP contribution in [0, 0.1) is 0 Å². The van der Waals surface area contributed by atoms with Gasteiger partial charge in [-0.3, -0.25) is 4.79 Å². The van der Waals surface area contributed by atoms with Gasteiger partial charge in [-0.25, -0.2) is 13.4 Å². The number of hydrogen-bond donors (Lipinski definition) is 1. The standard InChI is InChI=1S/C21H28N4O4S/c1-15-13-25(14-16(2)29-15)30(27,28)19-8-6-18(7-9-19)21(26)23-12-17-5-10-20(22-11-17)24(3)4/h5-11,15-16H,12-14H2,1-4H3,(H,23,26). The summed E-state index contributed by atoms with van der Waals surface area (Å²) in [6.45, 7) is 4.68. The summed E-state index contributed by atoms with van der Waals surface area (Å²) in [5, 5.41) is 2.83. The summed E-state index contributed by atoms with van der Waals surface area (Å²) in [6, 6.07) is 9.80. The lowest BCUT2D eigenvalue weighted by atomic mass is 10.2. The number of carbonyl (C=O) groups excluding carboxylic acids is 1. The Morgan fingerprint density at radius 1 is 1.13 bits per heavy atom. The van der Waals surface area contributed by atoms with Gasteiger partial charge in [0.2, 0.25) is 10.0 Å². The van der Waals surface area contributed by atoms with Crippen molar-refractivity contribution < 1.29 is 17.9 Å². The largest absolute Gasteiger partial charge is 0.373 e. The molecule has 2 atom stereocenters. The average molecular weight is 433 g/mol. The second-order valence-corrected chi connectivity index (χ2v) is 9.64. The first-order chi connectivity index (χ1) is 14.2. The minimum absolute atomic E-state index is 0.158. The van der Waals surface area contributed by atoms with E-state index in [1.54, 1.807) is 6.20 Å². The number of sulfonamides is 1. The van der Waals surface area contributed by atoms with Crippen LogP contribution >= 0.6 is 0 Å². The van der Waals surface area contributed by atoms with Crippen LogP contribution < -0.4 is 10.2 Å². The number of anilines is 1. The number of aromatic nitrogens is 1. The highest BCUT2D eigenvalue weighted by atomic mass is 32.2. The van der Waals surface area contributed by atoms with Gasteiger partial charge < -0.3 is 15.0 Å². The fourth-order valence-electron chi connectivity index (χ4n) is 3.32. The third kappa shape index (κ3) is 5.16. The predicted octanol–water partition coefficient (Wildman–Crippen LogP) is 1.88. The zero-order valence-electron chi connectivity index (χ0n) is 17.7. The van der Waals surface area contributed by atoms with Gasteiger partial charge in [0.15, 0.2) is 0 Å². The number of rotatable bonds is 6. The first-order valence-electron chi connectivity index (χ1n) is 9.83. The molecule has 162 valence electrons. The maximum Gasteiger partial charge on any atom is 0.251 e. The van der Waals surface area contributed by atoms with E-state index in [4.69, 9.17) is 4.74 Å². The van der Waals surface area contributed by atoms with Crippen LogP contribution in [0.25, 0.3) is 0 Å². The monoisotopic (exact) mass is 432 g/mol. The van der Waals surface area contributed by atoms with Crippen molar-refractivity contribution in [2.75, 3.05) is 32.1 Å². The molecule has 1 saturated heterocycles. The highest BCUT2D eigenvalue weighted by Gasteiger charge is 2.32. The molecule has 0 bridgehead atoms. The molecule has 1 amide bonds. The summed E-state index contributed by atoms with van der Waals surface area (Å²) in [5.41, 5.74) is 1.28. The summed E-state index contributed by atoms with van der Waals surface area (Å²) < 4.78 is 32.9. The summed E-state index contributed by atoms with van der Waals surface area (Å²) in [5.74, 6) is 0.565. The Hall–Kier alpha value is -2.49. The van der Waals surface area contributed by atoms with E-state index < -0.39 is 10.0 Å². The molecule has 2 aromatic rings. The Balaban J connectivity index is 1.63. The van der Waals surface area contributed by atoms with Gasteiger partial charge in [0.1, 0.15) is 5.82 Å². The van der Waals surface area contributed by atoms with Crippen molar-refractivity contribution in [1.29, 1.82) is 0 Å². The Morgan fingerprint density at radius 2 is 1.77 bits per heavy atom. The minimum Gasteiger partial charge on any atom is -0.373 e. The van der Waals surface area contributed by atoms with E-state index in [1.165, 1.54) is 28.6 Å². The molecule has 1 N–H and O–H groups in total. The Kier molecular flexibility index (Phi) is 6.74. The first-order valence-corrected chi connectivity index (χ1v) is 11.3. The molecule has 2 unspecified atom stereocenters. The number of benzene rings is 1. The van der Waals surface area contributed by atoms with Crippen molar-refractivity contribution >= 4 is 21.7 Å². The van der Waals surface area contributed by atoms with Crippen molar-refractivity contribution in [3.05, 3.63) is 53.7 Å². The van der Waals surface area contributed by atoms with Crippen LogP contribution in [0.4, 0.5) is 5.82 Å². The maximum absolute atomic E-state index is 12.9. The van der Waals surface area contributed by atoms with Crippen molar-refractivity contribution in [2.24, 2.45) is 0 Å². The van der Waals surface area contributed by atoms with Crippen LogP contribution in [0.3, 0.4) is 0 Å². The number of hydrogen-bond acceptors (Lipinski definition) is 6. The van der Waals surface area contributed by atoms with E-state index in [1.807, 2.05) is 45.0 Å². The summed E-state index contributed by atoms with van der Waals surface area (Å²) >= 11 is 0. The molecule has 30 heavy (non-hydrogen) atoms. The van der Waals surface area contributed by atoms with Gasteiger partial charge in [-0.15, -0.1) is 0 Å². The van der Waals surface area contributed by atoms with Crippen LogP contribution in [0.5, 0.6) is 0 Å². The maximum atomic E-state index is 12.9. The van der Waals surface area contributed by atoms with E-state index in [-0.39, 0.29) is 23.0 Å². The van der Waals surface area contributed by atoms with Crippen LogP contribution in [0.1, 0.15) is 29.8 Å². The molecule has 1 aromatic carbocycles. The van der Waals surface area contributed by atoms with Crippen LogP contribution in [0.15, 0.2) is 47.5 Å². The molecule has 9 heteroatoms. The number of pyridine rings is 1. The minimum atomic E-state index is -3.63. The highest BCUT2D eigenvalue weighted by Crippen LogP contribution is 2.21. The first kappa shape index (κ1) is 22.2. The van der Waals surface area contributed by atoms with Crippen LogP contribution in [0.2, 0.25) is 0 Å². The molecule has 1 fully saturated rings. The summed E-state index contributed by atoms with van der Waals surface area (Å²) in [7, 11) is 0.194. The second-order valence-electron chi connectivity index (χ2n) is 7.71. The quantitative estimate of drug-likeness (QED) is 0.749. The molecule has 1 aliphatic heterocycles. The molecule has 0 aliphatic carbocycles. The molecule has 2 heterocycles. The molecule has 8 nitrogen and oxygen atoms in total. The molecule has 1 aromatic heterocycles. The molecule has 1 aliphatic rings. The second kappa shape index (κ2) is 9.11. The zero-order chi connectivity index (χ0) is 21.9. The Morgan fingerprint density at radius 3 is 2.30 bits per heavy atom. The van der Waals surface area contributed by atoms with Crippen LogP contribution in [-0.4, -0.2) is 63.0 Å². The number of nitrogens with zero attached hydrogens (tertiary/aromatic N) is 3. The SMILES string of the molecule is CC1CN(S(=O)(=O)c2ccc(C(=O)NCc3ccc(N(C)C)nc3)cc2)CC(C)O1. The smallest absolute Gasteiger partial charge is 0.251 e. The van der Waals surface area contributed by atoms with Gasteiger partial charge in [0, 0.05) is 45.5 Å². The van der Waals surface area contributed by atoms with Crippen molar-refractivity contribution in [3.63, 3.8) is 0 Å². The van der Waals surface area contributed by atoms with Gasteiger partial charge in [-0.1, -0.05) is 6.07 Å². The number of nitrogens with one attached hydrogen (secondary N) is 1. The molecule has 0 saturated carbocycles. The van der Waals surface area contributed by atoms with Gasteiger partial charge in [-0.2, -0.15) is 4.31 Å². The molecule has 0 radical (unpaired) electrons. The fraction of sp³-hybridized carbons (Fsp3) is 0.429. The van der Waals surface area contributed by atoms with Crippen LogP contribution in [-0.2, 0) is 21.3 Å².